The summed E-state index contributed by atoms with van der Waals surface area (Å²) in [6, 6.07) is 0. The molecule has 0 fully saturated rings. The lowest BCUT2D eigenvalue weighted by Crippen LogP contribution is -2.16. The van der Waals surface area contributed by atoms with E-state index in [0.717, 1.165) is 0 Å². The summed E-state index contributed by atoms with van der Waals surface area (Å²) in [5.74, 6) is -0.258. The van der Waals surface area contributed by atoms with Crippen molar-refractivity contribution in [1.29, 1.82) is 0 Å². The van der Waals surface area contributed by atoms with Crippen LogP contribution in [0.25, 0.3) is 0 Å². The van der Waals surface area contributed by atoms with Gasteiger partial charge in [-0.05, 0) is 13.8 Å². The first-order chi connectivity index (χ1) is 7.04. The van der Waals surface area contributed by atoms with Crippen LogP contribution in [-0.4, -0.2) is 38.5 Å². The smallest absolute Gasteiger partial charge is 0.308 e. The number of carbonyl (C=O) groups excluding carboxylic acids is 1. The average molecular weight is 218 g/mol. The molecule has 0 aliphatic carbocycles. The Labute approximate surface area is 91.9 Å². The highest BCUT2D eigenvalue weighted by Gasteiger charge is 2.06. The Morgan fingerprint density at radius 1 is 1.00 bits per heavy atom. The first-order valence-corrected chi connectivity index (χ1v) is 5.40. The van der Waals surface area contributed by atoms with Gasteiger partial charge >= 0.3 is 5.97 Å². The van der Waals surface area contributed by atoms with Crippen molar-refractivity contribution in [2.45, 2.75) is 33.8 Å². The van der Waals surface area contributed by atoms with Crippen molar-refractivity contribution >= 4 is 5.97 Å². The highest BCUT2D eigenvalue weighted by molar-refractivity contribution is 5.71. The SMILES string of the molecule is CC(C)OCCOCCOC(=O)C(C)C. The van der Waals surface area contributed by atoms with Crippen LogP contribution in [0.2, 0.25) is 0 Å². The Morgan fingerprint density at radius 3 is 2.13 bits per heavy atom. The molecular formula is C11H22O4. The fourth-order valence-electron chi connectivity index (χ4n) is 0.813. The van der Waals surface area contributed by atoms with Gasteiger partial charge in [-0.1, -0.05) is 13.8 Å². The zero-order valence-electron chi connectivity index (χ0n) is 10.1. The van der Waals surface area contributed by atoms with Crippen LogP contribution < -0.4 is 0 Å². The van der Waals surface area contributed by atoms with Crippen LogP contribution in [0, 0.1) is 5.92 Å². The van der Waals surface area contributed by atoms with Crippen LogP contribution in [0.15, 0.2) is 0 Å². The van der Waals surface area contributed by atoms with Gasteiger partial charge in [0.1, 0.15) is 6.61 Å². The molecule has 0 spiro atoms. The summed E-state index contributed by atoms with van der Waals surface area (Å²) in [5.41, 5.74) is 0. The predicted molar refractivity (Wildman–Crippen MR) is 57.7 cm³/mol. The molecular weight excluding hydrogens is 196 g/mol. The van der Waals surface area contributed by atoms with E-state index in [1.165, 1.54) is 0 Å². The standard InChI is InChI=1S/C11H22O4/c1-9(2)11(12)15-8-6-13-5-7-14-10(3)4/h9-10H,5-8H2,1-4H3. The second kappa shape index (κ2) is 8.68. The Hall–Kier alpha value is -0.610. The van der Waals surface area contributed by atoms with E-state index in [4.69, 9.17) is 14.2 Å². The highest BCUT2D eigenvalue weighted by atomic mass is 16.6. The lowest BCUT2D eigenvalue weighted by molar-refractivity contribution is -0.149. The third-order valence-corrected chi connectivity index (χ3v) is 1.62. The van der Waals surface area contributed by atoms with Crippen LogP contribution in [0.5, 0.6) is 0 Å². The molecule has 0 aromatic rings. The molecule has 0 rings (SSSR count). The lowest BCUT2D eigenvalue weighted by atomic mass is 10.2. The highest BCUT2D eigenvalue weighted by Crippen LogP contribution is 1.95. The maximum Gasteiger partial charge on any atom is 0.308 e. The molecule has 0 unspecified atom stereocenters. The molecule has 0 aliphatic rings. The van der Waals surface area contributed by atoms with Crippen molar-refractivity contribution in [2.24, 2.45) is 5.92 Å². The fraction of sp³-hybridized carbons (Fsp3) is 0.909. The van der Waals surface area contributed by atoms with Gasteiger partial charge in [-0.25, -0.2) is 0 Å². The van der Waals surface area contributed by atoms with E-state index in [2.05, 4.69) is 0 Å². The molecule has 0 aromatic heterocycles. The molecule has 4 heteroatoms. The Bertz CT molecular complexity index is 166. The molecule has 0 atom stereocenters. The second-order valence-corrected chi connectivity index (χ2v) is 3.85. The van der Waals surface area contributed by atoms with Crippen molar-refractivity contribution in [1.82, 2.24) is 0 Å². The topological polar surface area (TPSA) is 44.8 Å². The van der Waals surface area contributed by atoms with Gasteiger partial charge in [-0.3, -0.25) is 4.79 Å². The Balaban J connectivity index is 3.15. The minimum absolute atomic E-state index is 0.0747. The number of carbonyl (C=O) groups is 1. The second-order valence-electron chi connectivity index (χ2n) is 3.85. The lowest BCUT2D eigenvalue weighted by Gasteiger charge is -2.09. The van der Waals surface area contributed by atoms with Crippen molar-refractivity contribution in [2.75, 3.05) is 26.4 Å². The van der Waals surface area contributed by atoms with Crippen molar-refractivity contribution < 1.29 is 19.0 Å². The number of esters is 1. The minimum Gasteiger partial charge on any atom is -0.463 e. The summed E-state index contributed by atoms with van der Waals surface area (Å²) < 4.78 is 15.4. The van der Waals surface area contributed by atoms with E-state index in [1.807, 2.05) is 13.8 Å². The minimum atomic E-state index is -0.183. The summed E-state index contributed by atoms with van der Waals surface area (Å²) in [5, 5.41) is 0. The summed E-state index contributed by atoms with van der Waals surface area (Å²) in [6.45, 7) is 9.43. The van der Waals surface area contributed by atoms with Crippen LogP contribution >= 0.6 is 0 Å². The van der Waals surface area contributed by atoms with Gasteiger partial charge in [0.15, 0.2) is 0 Å². The van der Waals surface area contributed by atoms with Crippen LogP contribution in [0.3, 0.4) is 0 Å². The number of rotatable bonds is 8. The molecule has 0 saturated heterocycles. The molecule has 15 heavy (non-hydrogen) atoms. The normalized spacial score (nSPS) is 11.1. The van der Waals surface area contributed by atoms with Gasteiger partial charge in [-0.15, -0.1) is 0 Å². The predicted octanol–water partition coefficient (Wildman–Crippen LogP) is 1.63. The van der Waals surface area contributed by atoms with Gasteiger partial charge in [-0.2, -0.15) is 0 Å². The average Bonchev–Trinajstić information content (AvgIpc) is 2.15. The molecule has 0 bridgehead atoms. The molecule has 0 heterocycles. The number of hydrogen-bond donors (Lipinski definition) is 0. The van der Waals surface area contributed by atoms with Gasteiger partial charge in [0, 0.05) is 0 Å². The third-order valence-electron chi connectivity index (χ3n) is 1.62. The van der Waals surface area contributed by atoms with Crippen molar-refractivity contribution in [3.63, 3.8) is 0 Å². The molecule has 0 saturated carbocycles. The summed E-state index contributed by atoms with van der Waals surface area (Å²) in [6.07, 6.45) is 0.229. The number of hydrogen-bond acceptors (Lipinski definition) is 4. The number of ether oxygens (including phenoxy) is 3. The van der Waals surface area contributed by atoms with E-state index in [0.29, 0.717) is 26.4 Å². The van der Waals surface area contributed by atoms with Crippen LogP contribution in [-0.2, 0) is 19.0 Å². The zero-order valence-corrected chi connectivity index (χ0v) is 10.1. The first kappa shape index (κ1) is 14.4. The monoisotopic (exact) mass is 218 g/mol. The summed E-state index contributed by atoms with van der Waals surface area (Å²) in [4.78, 5) is 11.0. The van der Waals surface area contributed by atoms with Crippen LogP contribution in [0.4, 0.5) is 0 Å². The van der Waals surface area contributed by atoms with Crippen molar-refractivity contribution in [3.8, 4) is 0 Å². The van der Waals surface area contributed by atoms with E-state index >= 15 is 0 Å². The van der Waals surface area contributed by atoms with E-state index in [1.54, 1.807) is 13.8 Å². The molecule has 0 aromatic carbocycles. The van der Waals surface area contributed by atoms with E-state index in [9.17, 15) is 4.79 Å². The fourth-order valence-corrected chi connectivity index (χ4v) is 0.813. The maximum absolute atomic E-state index is 11.0. The largest absolute Gasteiger partial charge is 0.463 e. The van der Waals surface area contributed by atoms with Gasteiger partial charge in [0.25, 0.3) is 0 Å². The van der Waals surface area contributed by atoms with Crippen molar-refractivity contribution in [3.05, 3.63) is 0 Å². The molecule has 0 aliphatic heterocycles. The van der Waals surface area contributed by atoms with Gasteiger partial charge in [0.05, 0.1) is 31.8 Å². The quantitative estimate of drug-likeness (QED) is 0.459. The van der Waals surface area contributed by atoms with E-state index < -0.39 is 0 Å². The molecule has 0 N–H and O–H groups in total. The Kier molecular flexibility index (Phi) is 8.33. The maximum atomic E-state index is 11.0. The van der Waals surface area contributed by atoms with Gasteiger partial charge in [0.2, 0.25) is 0 Å². The molecule has 0 radical (unpaired) electrons. The molecule has 0 amide bonds. The third kappa shape index (κ3) is 9.69. The Morgan fingerprint density at radius 2 is 1.60 bits per heavy atom. The molecule has 4 nitrogen and oxygen atoms in total. The molecule has 90 valence electrons. The summed E-state index contributed by atoms with van der Waals surface area (Å²) in [7, 11) is 0. The zero-order chi connectivity index (χ0) is 11.7. The summed E-state index contributed by atoms with van der Waals surface area (Å²) >= 11 is 0. The van der Waals surface area contributed by atoms with E-state index in [-0.39, 0.29) is 18.0 Å². The van der Waals surface area contributed by atoms with Gasteiger partial charge < -0.3 is 14.2 Å². The van der Waals surface area contributed by atoms with Crippen LogP contribution in [0.1, 0.15) is 27.7 Å². The first-order valence-electron chi connectivity index (χ1n) is 5.40.